The molecule has 1 atom stereocenters. The highest BCUT2D eigenvalue weighted by Gasteiger charge is 2.27. The average molecular weight is 599 g/mol. The van der Waals surface area contributed by atoms with Gasteiger partial charge in [-0.2, -0.15) is 0 Å². The van der Waals surface area contributed by atoms with Gasteiger partial charge in [-0.05, 0) is 71.3 Å². The lowest BCUT2D eigenvalue weighted by Crippen LogP contribution is -2.31. The van der Waals surface area contributed by atoms with Crippen molar-refractivity contribution in [2.45, 2.75) is 56.6 Å². The van der Waals surface area contributed by atoms with Crippen LogP contribution in [0.2, 0.25) is 5.02 Å². The maximum absolute atomic E-state index is 13.0. The van der Waals surface area contributed by atoms with Crippen LogP contribution in [-0.4, -0.2) is 69.2 Å². The quantitative estimate of drug-likeness (QED) is 0.298. The van der Waals surface area contributed by atoms with Crippen LogP contribution >= 0.6 is 11.6 Å². The monoisotopic (exact) mass is 598 g/mol. The van der Waals surface area contributed by atoms with Crippen LogP contribution < -0.4 is 19.7 Å². The zero-order valence-corrected chi connectivity index (χ0v) is 25.7. The highest BCUT2D eigenvalue weighted by atomic mass is 35.5. The molecular weight excluding hydrogens is 560 g/mol. The first-order chi connectivity index (χ1) is 19.6. The Morgan fingerprint density at radius 2 is 1.93 bits per heavy atom. The third-order valence-electron chi connectivity index (χ3n) is 7.50. The van der Waals surface area contributed by atoms with Gasteiger partial charge in [0.25, 0.3) is 0 Å². The highest BCUT2D eigenvalue weighted by molar-refractivity contribution is 7.89. The number of anilines is 3. The van der Waals surface area contributed by atoms with Crippen molar-refractivity contribution in [2.75, 3.05) is 43.9 Å². The van der Waals surface area contributed by atoms with E-state index >= 15 is 0 Å². The molecule has 2 aliphatic rings. The number of halogens is 1. The van der Waals surface area contributed by atoms with E-state index in [9.17, 15) is 8.42 Å². The van der Waals surface area contributed by atoms with Crippen molar-refractivity contribution in [3.8, 4) is 5.75 Å². The van der Waals surface area contributed by atoms with Crippen LogP contribution in [0.5, 0.6) is 5.75 Å². The highest BCUT2D eigenvalue weighted by Crippen LogP contribution is 2.33. The summed E-state index contributed by atoms with van der Waals surface area (Å²) >= 11 is 6.47. The first-order valence-electron chi connectivity index (χ1n) is 14.2. The molecule has 0 spiro atoms. The molecule has 0 amide bonds. The molecule has 5 rings (SSSR count). The van der Waals surface area contributed by atoms with Gasteiger partial charge in [0.2, 0.25) is 10.0 Å². The molecule has 0 unspecified atom stereocenters. The van der Waals surface area contributed by atoms with E-state index in [2.05, 4.69) is 62.1 Å². The number of likely N-dealkylation sites (N-methyl/N-ethyl adjacent to an activating group) is 1. The van der Waals surface area contributed by atoms with Gasteiger partial charge >= 0.3 is 0 Å². The van der Waals surface area contributed by atoms with E-state index in [1.54, 1.807) is 24.3 Å². The summed E-state index contributed by atoms with van der Waals surface area (Å²) in [6.07, 6.45) is 5.22. The normalized spacial score (nSPS) is 17.4. The summed E-state index contributed by atoms with van der Waals surface area (Å²) in [5.74, 6) is 2.11. The molecule has 1 aromatic heterocycles. The summed E-state index contributed by atoms with van der Waals surface area (Å²) in [5.41, 5.74) is 2.50. The van der Waals surface area contributed by atoms with Crippen LogP contribution in [0.4, 0.5) is 17.2 Å². The molecule has 2 N–H and O–H groups in total. The second-order valence-corrected chi connectivity index (χ2v) is 13.5. The van der Waals surface area contributed by atoms with Crippen molar-refractivity contribution in [3.63, 3.8) is 0 Å². The SMILES string of the molecule is CC(C)Oc1cc(N2CC[C@H](N(C)C)C2)ccc1Cc1ncc(Cl)c(Nc2ccccc2S(=O)(=O)NCC2CC2)n1. The van der Waals surface area contributed by atoms with Crippen LogP contribution in [-0.2, 0) is 16.4 Å². The average Bonchev–Trinajstić information content (AvgIpc) is 3.63. The Hall–Kier alpha value is -2.92. The number of rotatable bonds is 12. The van der Waals surface area contributed by atoms with E-state index in [1.807, 2.05) is 13.8 Å². The van der Waals surface area contributed by atoms with Crippen LogP contribution in [0.1, 0.15) is 44.5 Å². The molecule has 2 aromatic carbocycles. The van der Waals surface area contributed by atoms with Gasteiger partial charge in [0.1, 0.15) is 21.5 Å². The minimum atomic E-state index is -3.70. The molecule has 2 heterocycles. The van der Waals surface area contributed by atoms with Gasteiger partial charge in [-0.1, -0.05) is 29.8 Å². The van der Waals surface area contributed by atoms with E-state index in [-0.39, 0.29) is 11.0 Å². The summed E-state index contributed by atoms with van der Waals surface area (Å²) in [7, 11) is 0.560. The van der Waals surface area contributed by atoms with E-state index in [0.717, 1.165) is 49.4 Å². The number of nitrogens with one attached hydrogen (secondary N) is 2. The first kappa shape index (κ1) is 29.6. The van der Waals surface area contributed by atoms with Gasteiger partial charge in [0.15, 0.2) is 5.82 Å². The Kier molecular flexibility index (Phi) is 9.03. The molecule has 9 nitrogen and oxygen atoms in total. The molecule has 220 valence electrons. The predicted octanol–water partition coefficient (Wildman–Crippen LogP) is 5.08. The number of hydrogen-bond acceptors (Lipinski definition) is 8. The summed E-state index contributed by atoms with van der Waals surface area (Å²) in [5, 5.41) is 3.44. The fourth-order valence-corrected chi connectivity index (χ4v) is 6.37. The standard InChI is InChI=1S/C30H39ClN6O3S/c1-20(2)40-27-16-23(37-14-13-24(19-37)36(3)4)12-11-22(27)15-29-32-18-25(31)30(35-29)34-26-7-5-6-8-28(26)41(38,39)33-17-21-9-10-21/h5-8,11-12,16,18,20-21,24,33H,9-10,13-15,17,19H2,1-4H3,(H,32,34,35)/t24-/m0/s1. The number of para-hydroxylation sites is 1. The van der Waals surface area contributed by atoms with Gasteiger partial charge < -0.3 is 19.9 Å². The van der Waals surface area contributed by atoms with Gasteiger partial charge in [0, 0.05) is 49.4 Å². The molecule has 1 aliphatic heterocycles. The van der Waals surface area contributed by atoms with Crippen molar-refractivity contribution in [1.82, 2.24) is 19.6 Å². The zero-order valence-electron chi connectivity index (χ0n) is 24.1. The van der Waals surface area contributed by atoms with Gasteiger partial charge in [0.05, 0.1) is 18.0 Å². The number of aromatic nitrogens is 2. The fourth-order valence-electron chi connectivity index (χ4n) is 4.95. The van der Waals surface area contributed by atoms with Gasteiger partial charge in [-0.15, -0.1) is 0 Å². The summed E-state index contributed by atoms with van der Waals surface area (Å²) in [6, 6.07) is 13.6. The van der Waals surface area contributed by atoms with Crippen molar-refractivity contribution < 1.29 is 13.2 Å². The first-order valence-corrected chi connectivity index (χ1v) is 16.0. The Morgan fingerprint density at radius 3 is 2.63 bits per heavy atom. The van der Waals surface area contributed by atoms with Crippen molar-refractivity contribution >= 4 is 38.8 Å². The smallest absolute Gasteiger partial charge is 0.242 e. The van der Waals surface area contributed by atoms with E-state index in [0.29, 0.717) is 47.3 Å². The lowest BCUT2D eigenvalue weighted by atomic mass is 10.1. The second kappa shape index (κ2) is 12.5. The summed E-state index contributed by atoms with van der Waals surface area (Å²) < 4.78 is 35.0. The van der Waals surface area contributed by atoms with Crippen LogP contribution in [0.3, 0.4) is 0 Å². The van der Waals surface area contributed by atoms with E-state index < -0.39 is 10.0 Å². The minimum absolute atomic E-state index is 0.00689. The predicted molar refractivity (Wildman–Crippen MR) is 164 cm³/mol. The van der Waals surface area contributed by atoms with Gasteiger partial charge in [-0.3, -0.25) is 0 Å². The van der Waals surface area contributed by atoms with E-state index in [4.69, 9.17) is 16.3 Å². The third-order valence-corrected chi connectivity index (χ3v) is 9.26. The number of hydrogen-bond donors (Lipinski definition) is 2. The second-order valence-electron chi connectivity index (χ2n) is 11.4. The van der Waals surface area contributed by atoms with E-state index in [1.165, 1.54) is 6.20 Å². The molecule has 0 radical (unpaired) electrons. The summed E-state index contributed by atoms with van der Waals surface area (Å²) in [4.78, 5) is 14.0. The number of nitrogens with zero attached hydrogens (tertiary/aromatic N) is 4. The van der Waals surface area contributed by atoms with Crippen molar-refractivity contribution in [1.29, 1.82) is 0 Å². The van der Waals surface area contributed by atoms with Crippen LogP contribution in [0.15, 0.2) is 53.6 Å². The molecule has 1 aliphatic carbocycles. The molecule has 3 aromatic rings. The third kappa shape index (κ3) is 7.48. The minimum Gasteiger partial charge on any atom is -0.491 e. The van der Waals surface area contributed by atoms with Crippen LogP contribution in [0.25, 0.3) is 0 Å². The lowest BCUT2D eigenvalue weighted by molar-refractivity contribution is 0.240. The molecule has 1 saturated carbocycles. The molecule has 2 fully saturated rings. The molecular formula is C30H39ClN6O3S. The maximum atomic E-state index is 13.0. The van der Waals surface area contributed by atoms with Crippen molar-refractivity contribution in [3.05, 3.63) is 65.1 Å². The van der Waals surface area contributed by atoms with Gasteiger partial charge in [-0.25, -0.2) is 23.1 Å². The Morgan fingerprint density at radius 1 is 1.15 bits per heavy atom. The largest absolute Gasteiger partial charge is 0.491 e. The molecule has 11 heteroatoms. The topological polar surface area (TPSA) is 99.7 Å². The number of sulfonamides is 1. The van der Waals surface area contributed by atoms with Crippen LogP contribution in [0, 0.1) is 5.92 Å². The number of ether oxygens (including phenoxy) is 1. The molecule has 41 heavy (non-hydrogen) atoms. The lowest BCUT2D eigenvalue weighted by Gasteiger charge is -2.23. The molecule has 0 bridgehead atoms. The number of benzene rings is 2. The Balaban J connectivity index is 1.37. The Labute approximate surface area is 248 Å². The van der Waals surface area contributed by atoms with Crippen molar-refractivity contribution in [2.24, 2.45) is 5.92 Å². The maximum Gasteiger partial charge on any atom is 0.242 e. The Bertz CT molecular complexity index is 1480. The zero-order chi connectivity index (χ0) is 29.1. The fraction of sp³-hybridized carbons (Fsp3) is 0.467. The summed E-state index contributed by atoms with van der Waals surface area (Å²) in [6.45, 7) is 6.46. The molecule has 1 saturated heterocycles.